The second-order valence-corrected chi connectivity index (χ2v) is 11.2. The van der Waals surface area contributed by atoms with Gasteiger partial charge in [0.15, 0.2) is 0 Å². The summed E-state index contributed by atoms with van der Waals surface area (Å²) in [4.78, 5) is 8.54. The average molecular weight is 506 g/mol. The number of hydrogen-bond donors (Lipinski definition) is 1. The number of rotatable bonds is 3. The van der Waals surface area contributed by atoms with E-state index in [1.54, 1.807) is 18.5 Å². The lowest BCUT2D eigenvalue weighted by atomic mass is 9.79. The SMILES string of the molecule is O=S1(=O)N[C@@]2(CN1CC(F)(F)F)[C@@H]1CC[C@H]2Cc2ccc(-c3noc(-c4cccnc4)n3)cc2C1. The molecule has 1 N–H and O–H groups in total. The minimum Gasteiger partial charge on any atom is -0.334 e. The van der Waals surface area contributed by atoms with E-state index in [0.717, 1.165) is 29.5 Å². The quantitative estimate of drug-likeness (QED) is 0.586. The van der Waals surface area contributed by atoms with Crippen molar-refractivity contribution in [3.8, 4) is 22.8 Å². The maximum atomic E-state index is 13.1. The van der Waals surface area contributed by atoms with Crippen LogP contribution in [0.5, 0.6) is 0 Å². The van der Waals surface area contributed by atoms with E-state index in [-0.39, 0.29) is 18.4 Å². The van der Waals surface area contributed by atoms with Gasteiger partial charge in [-0.15, -0.1) is 0 Å². The molecule has 2 bridgehead atoms. The largest absolute Gasteiger partial charge is 0.402 e. The van der Waals surface area contributed by atoms with Crippen LogP contribution in [0.15, 0.2) is 47.2 Å². The molecule has 0 radical (unpaired) electrons. The van der Waals surface area contributed by atoms with Crippen molar-refractivity contribution in [1.29, 1.82) is 0 Å². The average Bonchev–Trinajstić information content (AvgIpc) is 3.43. The van der Waals surface area contributed by atoms with Gasteiger partial charge in [-0.3, -0.25) is 4.98 Å². The van der Waals surface area contributed by atoms with E-state index >= 15 is 0 Å². The Morgan fingerprint density at radius 1 is 1.11 bits per heavy atom. The Balaban J connectivity index is 1.30. The van der Waals surface area contributed by atoms with Crippen molar-refractivity contribution in [2.24, 2.45) is 11.8 Å². The van der Waals surface area contributed by atoms with Crippen LogP contribution in [-0.4, -0.2) is 52.7 Å². The number of nitrogens with zero attached hydrogens (tertiary/aromatic N) is 4. The Kier molecular flexibility index (Phi) is 5.07. The van der Waals surface area contributed by atoms with Gasteiger partial charge < -0.3 is 4.52 Å². The summed E-state index contributed by atoms with van der Waals surface area (Å²) in [6.45, 7) is -1.64. The summed E-state index contributed by atoms with van der Waals surface area (Å²) in [6.07, 6.45) is 1.38. The van der Waals surface area contributed by atoms with Gasteiger partial charge in [0.05, 0.1) is 11.1 Å². The summed E-state index contributed by atoms with van der Waals surface area (Å²) in [5, 5.41) is 4.10. The van der Waals surface area contributed by atoms with E-state index in [1.165, 1.54) is 0 Å². The second-order valence-electron chi connectivity index (χ2n) is 9.56. The topological polar surface area (TPSA) is 101 Å². The van der Waals surface area contributed by atoms with Crippen LogP contribution in [0.25, 0.3) is 22.8 Å². The van der Waals surface area contributed by atoms with Crippen molar-refractivity contribution in [1.82, 2.24) is 24.2 Å². The van der Waals surface area contributed by atoms with Crippen LogP contribution in [0, 0.1) is 11.8 Å². The molecule has 3 atom stereocenters. The summed E-state index contributed by atoms with van der Waals surface area (Å²) < 4.78 is 73.2. The first-order valence-electron chi connectivity index (χ1n) is 11.3. The van der Waals surface area contributed by atoms with Gasteiger partial charge in [0, 0.05) is 24.5 Å². The number of aromatic nitrogens is 3. The highest BCUT2D eigenvalue weighted by molar-refractivity contribution is 7.87. The van der Waals surface area contributed by atoms with E-state index in [1.807, 2.05) is 24.3 Å². The van der Waals surface area contributed by atoms with Crippen LogP contribution < -0.4 is 4.72 Å². The highest BCUT2D eigenvalue weighted by atomic mass is 32.2. The molecule has 35 heavy (non-hydrogen) atoms. The van der Waals surface area contributed by atoms with E-state index in [0.29, 0.717) is 34.4 Å². The van der Waals surface area contributed by atoms with Crippen LogP contribution in [0.3, 0.4) is 0 Å². The number of fused-ring (bicyclic) bond motifs is 1. The molecule has 12 heteroatoms. The van der Waals surface area contributed by atoms with Crippen LogP contribution in [0.4, 0.5) is 13.2 Å². The number of alkyl halides is 3. The third-order valence-corrected chi connectivity index (χ3v) is 9.08. The third kappa shape index (κ3) is 3.93. The molecule has 0 unspecified atom stereocenters. The number of pyridine rings is 1. The summed E-state index contributed by atoms with van der Waals surface area (Å²) in [6, 6.07) is 9.47. The van der Waals surface area contributed by atoms with Gasteiger partial charge in [-0.1, -0.05) is 17.3 Å². The molecule has 2 aromatic heterocycles. The van der Waals surface area contributed by atoms with Gasteiger partial charge in [-0.2, -0.15) is 35.6 Å². The maximum absolute atomic E-state index is 13.1. The van der Waals surface area contributed by atoms with Crippen LogP contribution in [-0.2, 0) is 23.1 Å². The zero-order valence-corrected chi connectivity index (χ0v) is 19.3. The minimum absolute atomic E-state index is 0.0741. The van der Waals surface area contributed by atoms with Gasteiger partial charge in [0.2, 0.25) is 5.82 Å². The molecule has 1 aromatic carbocycles. The molecule has 6 rings (SSSR count). The van der Waals surface area contributed by atoms with Gasteiger partial charge >= 0.3 is 6.18 Å². The molecule has 0 amide bonds. The molecule has 3 aromatic rings. The maximum Gasteiger partial charge on any atom is 0.402 e. The first-order valence-corrected chi connectivity index (χ1v) is 12.8. The molecule has 1 saturated carbocycles. The van der Waals surface area contributed by atoms with E-state index in [2.05, 4.69) is 19.8 Å². The molecule has 1 saturated heterocycles. The Morgan fingerprint density at radius 3 is 2.60 bits per heavy atom. The van der Waals surface area contributed by atoms with Crippen molar-refractivity contribution >= 4 is 10.2 Å². The molecule has 8 nitrogen and oxygen atoms in total. The summed E-state index contributed by atoms with van der Waals surface area (Å²) in [5.41, 5.74) is 2.68. The van der Waals surface area contributed by atoms with E-state index in [4.69, 9.17) is 4.52 Å². The lowest BCUT2D eigenvalue weighted by Gasteiger charge is -2.33. The molecule has 1 spiro atoms. The molecule has 3 heterocycles. The van der Waals surface area contributed by atoms with Crippen molar-refractivity contribution in [2.75, 3.05) is 13.1 Å². The zero-order chi connectivity index (χ0) is 24.4. The van der Waals surface area contributed by atoms with Crippen molar-refractivity contribution in [2.45, 2.75) is 37.4 Å². The van der Waals surface area contributed by atoms with Crippen LogP contribution >= 0.6 is 0 Å². The van der Waals surface area contributed by atoms with Gasteiger partial charge in [-0.05, 0) is 66.8 Å². The van der Waals surface area contributed by atoms with Gasteiger partial charge in [0.25, 0.3) is 16.1 Å². The minimum atomic E-state index is -4.60. The fraction of sp³-hybridized carbons (Fsp3) is 0.435. The first kappa shape index (κ1) is 22.6. The first-order chi connectivity index (χ1) is 16.6. The molecule has 2 aliphatic carbocycles. The molecular weight excluding hydrogens is 483 g/mol. The van der Waals surface area contributed by atoms with Gasteiger partial charge in [0.1, 0.15) is 6.54 Å². The molecule has 1 aliphatic heterocycles. The highest BCUT2D eigenvalue weighted by Crippen LogP contribution is 2.50. The van der Waals surface area contributed by atoms with Crippen LogP contribution in [0.2, 0.25) is 0 Å². The third-order valence-electron chi connectivity index (χ3n) is 7.50. The number of hydrogen-bond acceptors (Lipinski definition) is 6. The Morgan fingerprint density at radius 2 is 1.89 bits per heavy atom. The monoisotopic (exact) mass is 505 g/mol. The highest BCUT2D eigenvalue weighted by Gasteiger charge is 2.60. The Hall–Kier alpha value is -2.83. The van der Waals surface area contributed by atoms with E-state index in [9.17, 15) is 21.6 Å². The zero-order valence-electron chi connectivity index (χ0n) is 18.5. The number of halogens is 3. The summed E-state index contributed by atoms with van der Waals surface area (Å²) in [5.74, 6) is 0.600. The predicted octanol–water partition coefficient (Wildman–Crippen LogP) is 3.37. The molecule has 3 aliphatic rings. The van der Waals surface area contributed by atoms with E-state index < -0.39 is 28.5 Å². The summed E-state index contributed by atoms with van der Waals surface area (Å²) >= 11 is 0. The van der Waals surface area contributed by atoms with Crippen molar-refractivity contribution in [3.05, 3.63) is 53.9 Å². The smallest absolute Gasteiger partial charge is 0.334 e. The lowest BCUT2D eigenvalue weighted by Crippen LogP contribution is -2.52. The Bertz CT molecular complexity index is 1380. The van der Waals surface area contributed by atoms with Crippen molar-refractivity contribution in [3.63, 3.8) is 0 Å². The lowest BCUT2D eigenvalue weighted by molar-refractivity contribution is -0.136. The molecule has 184 valence electrons. The molecule has 2 fully saturated rings. The molecular formula is C23H22F3N5O3S. The van der Waals surface area contributed by atoms with Crippen LogP contribution in [0.1, 0.15) is 24.0 Å². The predicted molar refractivity (Wildman–Crippen MR) is 119 cm³/mol. The standard InChI is InChI=1S/C23H22F3N5O3S/c24-23(25,26)13-31-12-22(30-35(31,32)33)18-5-6-19(22)10-17-8-15(4-3-14(17)9-18)20-28-21(34-29-20)16-2-1-7-27-11-16/h1-4,7-8,11,18-19,30H,5-6,9-10,12-13H2/t18-,19+,22+/m0/s1. The fourth-order valence-corrected chi connectivity index (χ4v) is 7.64. The fourth-order valence-electron chi connectivity index (χ4n) is 5.93. The second kappa shape index (κ2) is 7.84. The number of nitrogens with one attached hydrogen (secondary N) is 1. The van der Waals surface area contributed by atoms with Gasteiger partial charge in [-0.25, -0.2) is 0 Å². The number of benzene rings is 1. The van der Waals surface area contributed by atoms with Crippen molar-refractivity contribution < 1.29 is 26.1 Å². The normalized spacial score (nSPS) is 27.7. The Labute approximate surface area is 199 Å². The summed E-state index contributed by atoms with van der Waals surface area (Å²) in [7, 11) is -4.21.